The van der Waals surface area contributed by atoms with Gasteiger partial charge in [0.25, 0.3) is 0 Å². The number of carbonyl (C=O) groups is 1. The summed E-state index contributed by atoms with van der Waals surface area (Å²) in [6.45, 7) is 0. The number of allylic oxidation sites excluding steroid dienone is 2. The number of carboxylic acids is 1. The van der Waals surface area contributed by atoms with E-state index < -0.39 is 11.6 Å². The Bertz CT molecular complexity index is 569. The third-order valence-corrected chi connectivity index (χ3v) is 3.46. The van der Waals surface area contributed by atoms with Crippen LogP contribution in [0.15, 0.2) is 42.0 Å². The highest BCUT2D eigenvalue weighted by molar-refractivity contribution is 6.01. The van der Waals surface area contributed by atoms with E-state index in [0.29, 0.717) is 11.1 Å². The summed E-state index contributed by atoms with van der Waals surface area (Å²) in [6.07, 6.45) is 5.52. The summed E-state index contributed by atoms with van der Waals surface area (Å²) in [4.78, 5) is 11.4. The first-order chi connectivity index (χ1) is 8.15. The van der Waals surface area contributed by atoms with E-state index in [4.69, 9.17) is 0 Å². The number of benzene rings is 1. The van der Waals surface area contributed by atoms with E-state index in [2.05, 4.69) is 0 Å². The largest absolute Gasteiger partial charge is 0.479 e. The molecule has 17 heavy (non-hydrogen) atoms. The number of hydrogen-bond acceptors (Lipinski definition) is 2. The highest BCUT2D eigenvalue weighted by Crippen LogP contribution is 2.50. The molecule has 3 rings (SSSR count). The lowest BCUT2D eigenvalue weighted by molar-refractivity contribution is -0.154. The molecule has 0 radical (unpaired) electrons. The quantitative estimate of drug-likeness (QED) is 0.773. The minimum absolute atomic E-state index is 0.479. The van der Waals surface area contributed by atoms with Crippen molar-refractivity contribution >= 4 is 11.5 Å². The van der Waals surface area contributed by atoms with E-state index in [0.717, 1.165) is 24.0 Å². The fraction of sp³-hybridized carbons (Fsp3) is 0.214. The number of aliphatic hydroxyl groups is 1. The van der Waals surface area contributed by atoms with Crippen LogP contribution in [-0.4, -0.2) is 16.2 Å². The topological polar surface area (TPSA) is 57.5 Å². The minimum atomic E-state index is -1.87. The molecule has 0 saturated carbocycles. The van der Waals surface area contributed by atoms with Crippen molar-refractivity contribution in [2.24, 2.45) is 0 Å². The molecule has 0 spiro atoms. The summed E-state index contributed by atoms with van der Waals surface area (Å²) in [7, 11) is 0. The lowest BCUT2D eigenvalue weighted by atomic mass is 9.88. The second-order valence-corrected chi connectivity index (χ2v) is 4.37. The zero-order valence-electron chi connectivity index (χ0n) is 9.18. The predicted octanol–water partition coefficient (Wildman–Crippen LogP) is 2.08. The van der Waals surface area contributed by atoms with Crippen molar-refractivity contribution in [3.63, 3.8) is 0 Å². The Morgan fingerprint density at radius 3 is 2.65 bits per heavy atom. The Balaban J connectivity index is 2.35. The van der Waals surface area contributed by atoms with Gasteiger partial charge in [0.2, 0.25) is 5.60 Å². The van der Waals surface area contributed by atoms with Gasteiger partial charge in [0, 0.05) is 11.1 Å². The third-order valence-electron chi connectivity index (χ3n) is 3.46. The van der Waals surface area contributed by atoms with Gasteiger partial charge in [0.1, 0.15) is 0 Å². The average Bonchev–Trinajstić information content (AvgIpc) is 2.63. The van der Waals surface area contributed by atoms with Crippen LogP contribution in [0.5, 0.6) is 0 Å². The Morgan fingerprint density at radius 2 is 1.88 bits per heavy atom. The van der Waals surface area contributed by atoms with E-state index in [9.17, 15) is 15.0 Å². The fourth-order valence-corrected chi connectivity index (χ4v) is 2.68. The summed E-state index contributed by atoms with van der Waals surface area (Å²) in [6, 6.07) is 7.16. The normalized spacial score (nSPS) is 25.7. The van der Waals surface area contributed by atoms with Gasteiger partial charge in [0.05, 0.1) is 0 Å². The van der Waals surface area contributed by atoms with Gasteiger partial charge in [-0.1, -0.05) is 36.4 Å². The number of aliphatic carboxylic acids is 1. The van der Waals surface area contributed by atoms with Crippen LogP contribution in [0.25, 0.3) is 5.57 Å². The predicted molar refractivity (Wildman–Crippen MR) is 63.3 cm³/mol. The van der Waals surface area contributed by atoms with Crippen molar-refractivity contribution in [2.75, 3.05) is 0 Å². The lowest BCUT2D eigenvalue weighted by Crippen LogP contribution is -2.35. The van der Waals surface area contributed by atoms with Crippen LogP contribution < -0.4 is 0 Å². The van der Waals surface area contributed by atoms with Crippen LogP contribution in [0, 0.1) is 0 Å². The van der Waals surface area contributed by atoms with Crippen LogP contribution >= 0.6 is 0 Å². The summed E-state index contributed by atoms with van der Waals surface area (Å²) < 4.78 is 0. The zero-order chi connectivity index (χ0) is 12.0. The van der Waals surface area contributed by atoms with Gasteiger partial charge in [-0.3, -0.25) is 0 Å². The monoisotopic (exact) mass is 228 g/mol. The second-order valence-electron chi connectivity index (χ2n) is 4.37. The van der Waals surface area contributed by atoms with Gasteiger partial charge in [-0.05, 0) is 24.0 Å². The lowest BCUT2D eigenvalue weighted by Gasteiger charge is -2.22. The van der Waals surface area contributed by atoms with E-state index in [1.165, 1.54) is 0 Å². The van der Waals surface area contributed by atoms with Gasteiger partial charge in [-0.15, -0.1) is 0 Å². The molecule has 3 nitrogen and oxygen atoms in total. The number of hydrogen-bond donors (Lipinski definition) is 2. The van der Waals surface area contributed by atoms with Gasteiger partial charge in [0.15, 0.2) is 0 Å². The molecule has 0 heterocycles. The van der Waals surface area contributed by atoms with Gasteiger partial charge >= 0.3 is 5.97 Å². The number of carboxylic acid groups (broad SMARTS) is 1. The molecule has 2 N–H and O–H groups in total. The Labute approximate surface area is 98.7 Å². The molecule has 0 fully saturated rings. The number of rotatable bonds is 1. The molecular weight excluding hydrogens is 216 g/mol. The summed E-state index contributed by atoms with van der Waals surface area (Å²) >= 11 is 0. The molecule has 1 atom stereocenters. The first kappa shape index (κ1) is 10.3. The van der Waals surface area contributed by atoms with Crippen LogP contribution in [0.4, 0.5) is 0 Å². The molecule has 0 saturated heterocycles. The molecule has 1 aromatic rings. The van der Waals surface area contributed by atoms with Crippen molar-refractivity contribution in [2.45, 2.75) is 18.4 Å². The van der Waals surface area contributed by atoms with Crippen molar-refractivity contribution < 1.29 is 15.0 Å². The van der Waals surface area contributed by atoms with E-state index in [1.807, 2.05) is 24.3 Å². The van der Waals surface area contributed by atoms with Crippen LogP contribution in [0.2, 0.25) is 0 Å². The Kier molecular flexibility index (Phi) is 2.00. The van der Waals surface area contributed by atoms with Crippen molar-refractivity contribution in [1.29, 1.82) is 0 Å². The Morgan fingerprint density at radius 1 is 1.18 bits per heavy atom. The summed E-state index contributed by atoms with van der Waals surface area (Å²) in [5, 5.41) is 19.8. The van der Waals surface area contributed by atoms with E-state index in [1.54, 1.807) is 12.1 Å². The molecular formula is C14H12O3. The van der Waals surface area contributed by atoms with Gasteiger partial charge in [-0.2, -0.15) is 0 Å². The SMILES string of the molecule is O=C(O)C1(O)C2=CCCC=C2c2ccccc21. The highest BCUT2D eigenvalue weighted by atomic mass is 16.4. The Hall–Kier alpha value is -1.87. The van der Waals surface area contributed by atoms with Crippen molar-refractivity contribution in [3.05, 3.63) is 53.1 Å². The molecule has 0 bridgehead atoms. The first-order valence-corrected chi connectivity index (χ1v) is 5.62. The maximum absolute atomic E-state index is 11.4. The molecule has 0 amide bonds. The maximum Gasteiger partial charge on any atom is 0.345 e. The first-order valence-electron chi connectivity index (χ1n) is 5.62. The molecule has 3 heteroatoms. The third kappa shape index (κ3) is 1.17. The second kappa shape index (κ2) is 3.31. The van der Waals surface area contributed by atoms with Gasteiger partial charge in [-0.25, -0.2) is 4.79 Å². The molecule has 2 aliphatic carbocycles. The number of fused-ring (bicyclic) bond motifs is 3. The van der Waals surface area contributed by atoms with Crippen LogP contribution in [0.1, 0.15) is 24.0 Å². The standard InChI is InChI=1S/C14H12O3/c15-13(16)14(17)11-7-3-1-5-9(11)10-6-2-4-8-12(10)14/h1,3,5-8,17H,2,4H2,(H,15,16). The molecule has 1 aromatic carbocycles. The van der Waals surface area contributed by atoms with Gasteiger partial charge < -0.3 is 10.2 Å². The summed E-state index contributed by atoms with van der Waals surface area (Å²) in [5.41, 5.74) is 0.840. The van der Waals surface area contributed by atoms with Crippen LogP contribution in [-0.2, 0) is 10.4 Å². The van der Waals surface area contributed by atoms with E-state index in [-0.39, 0.29) is 0 Å². The fourth-order valence-electron chi connectivity index (χ4n) is 2.68. The summed E-state index contributed by atoms with van der Waals surface area (Å²) in [5.74, 6) is -1.21. The molecule has 1 unspecified atom stereocenters. The molecule has 2 aliphatic rings. The smallest absolute Gasteiger partial charge is 0.345 e. The average molecular weight is 228 g/mol. The van der Waals surface area contributed by atoms with E-state index >= 15 is 0 Å². The molecule has 0 aliphatic heterocycles. The molecule has 0 aromatic heterocycles. The molecule has 86 valence electrons. The van der Waals surface area contributed by atoms with Crippen molar-refractivity contribution in [1.82, 2.24) is 0 Å². The van der Waals surface area contributed by atoms with Crippen LogP contribution in [0.3, 0.4) is 0 Å². The highest BCUT2D eigenvalue weighted by Gasteiger charge is 2.50. The minimum Gasteiger partial charge on any atom is -0.479 e. The van der Waals surface area contributed by atoms with Crippen molar-refractivity contribution in [3.8, 4) is 0 Å². The zero-order valence-corrected chi connectivity index (χ0v) is 9.18. The maximum atomic E-state index is 11.4.